The number of fused-ring (bicyclic) bond motifs is 1. The van der Waals surface area contributed by atoms with Crippen LogP contribution in [-0.2, 0) is 4.74 Å². The van der Waals surface area contributed by atoms with Gasteiger partial charge in [0.25, 0.3) is 0 Å². The minimum Gasteiger partial charge on any atom is -0.462 e. The molecule has 3 aromatic rings. The molecule has 150 valence electrons. The van der Waals surface area contributed by atoms with E-state index in [1.165, 1.54) is 6.92 Å². The van der Waals surface area contributed by atoms with Gasteiger partial charge < -0.3 is 4.74 Å². The third-order valence-electron chi connectivity index (χ3n) is 3.86. The molecule has 1 aromatic carbocycles. The van der Waals surface area contributed by atoms with Crippen molar-refractivity contribution in [2.45, 2.75) is 6.92 Å². The maximum Gasteiger partial charge on any atom is 0.343 e. The van der Waals surface area contributed by atoms with Crippen LogP contribution in [-0.4, -0.2) is 27.1 Å². The van der Waals surface area contributed by atoms with Crippen molar-refractivity contribution in [3.63, 3.8) is 0 Å². The number of rotatable bonds is 4. The number of carbonyl (C=O) groups excluding carboxylic acids is 1. The van der Waals surface area contributed by atoms with Gasteiger partial charge >= 0.3 is 11.7 Å². The summed E-state index contributed by atoms with van der Waals surface area (Å²) in [6.07, 6.45) is 0.965. The number of nitrogens with zero attached hydrogens (tertiary/aromatic N) is 3. The van der Waals surface area contributed by atoms with Crippen LogP contribution in [0.1, 0.15) is 17.3 Å². The van der Waals surface area contributed by atoms with Crippen molar-refractivity contribution < 1.29 is 23.2 Å². The lowest BCUT2D eigenvalue weighted by atomic mass is 10.1. The minimum absolute atomic E-state index is 0.0493. The molecule has 0 N–H and O–H groups in total. The third-order valence-corrected chi connectivity index (χ3v) is 4.42. The highest BCUT2D eigenvalue weighted by molar-refractivity contribution is 6.32. The van der Waals surface area contributed by atoms with E-state index in [0.29, 0.717) is 6.07 Å². The maximum atomic E-state index is 13.9. The summed E-state index contributed by atoms with van der Waals surface area (Å²) in [5.41, 5.74) is -2.76. The molecule has 2 heterocycles. The van der Waals surface area contributed by atoms with Crippen molar-refractivity contribution in [3.8, 4) is 5.69 Å². The van der Waals surface area contributed by atoms with Crippen LogP contribution in [0.2, 0.25) is 10.2 Å². The molecule has 0 unspecified atom stereocenters. The largest absolute Gasteiger partial charge is 0.462 e. The quantitative estimate of drug-likeness (QED) is 0.260. The second-order valence-electron chi connectivity index (χ2n) is 5.61. The van der Waals surface area contributed by atoms with E-state index in [1.807, 2.05) is 0 Å². The normalized spacial score (nSPS) is 10.9. The second-order valence-corrected chi connectivity index (χ2v) is 6.37. The molecule has 3 rings (SSSR count). The van der Waals surface area contributed by atoms with E-state index >= 15 is 0 Å². The Kier molecular flexibility index (Phi) is 5.49. The minimum atomic E-state index is -1.20. The molecule has 0 aliphatic carbocycles. The van der Waals surface area contributed by atoms with Crippen LogP contribution in [0.5, 0.6) is 0 Å². The first kappa shape index (κ1) is 20.6. The van der Waals surface area contributed by atoms with Crippen molar-refractivity contribution in [1.29, 1.82) is 0 Å². The van der Waals surface area contributed by atoms with Crippen LogP contribution in [0.15, 0.2) is 29.2 Å². The molecule has 8 nitrogen and oxygen atoms in total. The zero-order chi connectivity index (χ0) is 21.5. The Morgan fingerprint density at radius 2 is 1.97 bits per heavy atom. The van der Waals surface area contributed by atoms with Gasteiger partial charge in [0.1, 0.15) is 11.2 Å². The molecule has 0 fully saturated rings. The molecule has 0 saturated heterocycles. The van der Waals surface area contributed by atoms with Crippen molar-refractivity contribution in [2.75, 3.05) is 6.61 Å². The molecule has 12 heteroatoms. The van der Waals surface area contributed by atoms with Gasteiger partial charge in [0, 0.05) is 18.3 Å². The number of ether oxygens (including phenoxy) is 1. The summed E-state index contributed by atoms with van der Waals surface area (Å²) in [6.45, 7) is 1.46. The molecular formula is C17H9Cl2F2N3O5. The summed E-state index contributed by atoms with van der Waals surface area (Å²) in [5, 5.41) is 9.84. The number of nitro benzene ring substituents is 1. The van der Waals surface area contributed by atoms with Gasteiger partial charge in [-0.25, -0.2) is 14.2 Å². The molecule has 0 radical (unpaired) electrons. The second kappa shape index (κ2) is 7.72. The van der Waals surface area contributed by atoms with Crippen LogP contribution in [0.3, 0.4) is 0 Å². The fourth-order valence-corrected chi connectivity index (χ4v) is 2.97. The van der Waals surface area contributed by atoms with Gasteiger partial charge in [-0.05, 0) is 13.0 Å². The van der Waals surface area contributed by atoms with Crippen LogP contribution < -0.4 is 5.43 Å². The van der Waals surface area contributed by atoms with E-state index in [2.05, 4.69) is 4.98 Å². The van der Waals surface area contributed by atoms with Crippen molar-refractivity contribution in [1.82, 2.24) is 9.55 Å². The monoisotopic (exact) mass is 443 g/mol. The first-order chi connectivity index (χ1) is 13.6. The SMILES string of the molecule is CCOC(=O)c1cn(-c2cc([N+](=O)[O-])c(F)cc2Cl)c2nc(Cl)c(F)cc2c1=O. The number of pyridine rings is 2. The molecule has 2 aromatic heterocycles. The van der Waals surface area contributed by atoms with Gasteiger partial charge in [0.15, 0.2) is 11.0 Å². The topological polar surface area (TPSA) is 104 Å². The lowest BCUT2D eigenvalue weighted by Gasteiger charge is -2.14. The highest BCUT2D eigenvalue weighted by Gasteiger charge is 2.23. The van der Waals surface area contributed by atoms with Gasteiger partial charge in [-0.1, -0.05) is 23.2 Å². The molecule has 29 heavy (non-hydrogen) atoms. The average molecular weight is 444 g/mol. The van der Waals surface area contributed by atoms with Crippen LogP contribution in [0.25, 0.3) is 16.7 Å². The van der Waals surface area contributed by atoms with E-state index in [0.717, 1.165) is 22.9 Å². The summed E-state index contributed by atoms with van der Waals surface area (Å²) < 4.78 is 33.6. The summed E-state index contributed by atoms with van der Waals surface area (Å²) >= 11 is 11.7. The third kappa shape index (κ3) is 3.64. The molecule has 0 amide bonds. The Balaban J connectivity index is 2.47. The zero-order valence-electron chi connectivity index (χ0n) is 14.4. The first-order valence-electron chi connectivity index (χ1n) is 7.88. The highest BCUT2D eigenvalue weighted by atomic mass is 35.5. The van der Waals surface area contributed by atoms with Crippen molar-refractivity contribution >= 4 is 45.9 Å². The Hall–Kier alpha value is -3.11. The highest BCUT2D eigenvalue weighted by Crippen LogP contribution is 2.31. The zero-order valence-corrected chi connectivity index (χ0v) is 15.9. The van der Waals surface area contributed by atoms with E-state index < -0.39 is 44.4 Å². The Morgan fingerprint density at radius 3 is 2.59 bits per heavy atom. The average Bonchev–Trinajstić information content (AvgIpc) is 2.64. The maximum absolute atomic E-state index is 13.9. The van der Waals surface area contributed by atoms with Crippen LogP contribution in [0.4, 0.5) is 14.5 Å². The number of benzene rings is 1. The smallest absolute Gasteiger partial charge is 0.343 e. The Labute approximate surface area is 170 Å². The predicted octanol–water partition coefficient (Wildman–Crippen LogP) is 4.06. The fraction of sp³-hybridized carbons (Fsp3) is 0.118. The fourth-order valence-electron chi connectivity index (χ4n) is 2.59. The van der Waals surface area contributed by atoms with E-state index in [4.69, 9.17) is 27.9 Å². The number of hydrogen-bond donors (Lipinski definition) is 0. The van der Waals surface area contributed by atoms with Crippen LogP contribution in [0, 0.1) is 21.7 Å². The van der Waals surface area contributed by atoms with Gasteiger partial charge in [-0.3, -0.25) is 19.5 Å². The summed E-state index contributed by atoms with van der Waals surface area (Å²) in [4.78, 5) is 38.7. The van der Waals surface area contributed by atoms with E-state index in [-0.39, 0.29) is 28.4 Å². The summed E-state index contributed by atoms with van der Waals surface area (Å²) in [5.74, 6) is -3.24. The molecule has 0 aliphatic heterocycles. The number of nitro groups is 1. The first-order valence-corrected chi connectivity index (χ1v) is 8.63. The number of halogens is 4. The molecule has 0 saturated carbocycles. The Morgan fingerprint density at radius 1 is 1.28 bits per heavy atom. The summed E-state index contributed by atoms with van der Waals surface area (Å²) in [7, 11) is 0. The standard InChI is InChI=1S/C17H9Cl2F2N3O5/c1-2-29-17(26)8-6-23(12-5-13(24(27)28)10(20)4-9(12)18)16-7(14(8)25)3-11(21)15(19)22-16/h3-6H,2H2,1H3. The molecular weight excluding hydrogens is 435 g/mol. The lowest BCUT2D eigenvalue weighted by Crippen LogP contribution is -2.21. The van der Waals surface area contributed by atoms with Gasteiger partial charge in [-0.15, -0.1) is 0 Å². The number of hydrogen-bond acceptors (Lipinski definition) is 6. The number of aromatic nitrogens is 2. The summed E-state index contributed by atoms with van der Waals surface area (Å²) in [6, 6.07) is 2.24. The van der Waals surface area contributed by atoms with E-state index in [9.17, 15) is 28.5 Å². The molecule has 0 atom stereocenters. The molecule has 0 aliphatic rings. The molecule has 0 bridgehead atoms. The van der Waals surface area contributed by atoms with Gasteiger partial charge in [0.05, 0.1) is 27.6 Å². The number of esters is 1. The van der Waals surface area contributed by atoms with Crippen molar-refractivity contribution in [3.05, 3.63) is 72.1 Å². The molecule has 0 spiro atoms. The Bertz CT molecular complexity index is 1250. The van der Waals surface area contributed by atoms with Gasteiger partial charge in [-0.2, -0.15) is 4.39 Å². The lowest BCUT2D eigenvalue weighted by molar-refractivity contribution is -0.387. The van der Waals surface area contributed by atoms with Crippen LogP contribution >= 0.6 is 23.2 Å². The van der Waals surface area contributed by atoms with Gasteiger partial charge in [0.2, 0.25) is 11.2 Å². The van der Waals surface area contributed by atoms with E-state index in [1.54, 1.807) is 0 Å². The number of carbonyl (C=O) groups is 1. The predicted molar refractivity (Wildman–Crippen MR) is 99.9 cm³/mol. The van der Waals surface area contributed by atoms with Crippen molar-refractivity contribution in [2.24, 2.45) is 0 Å².